The van der Waals surface area contributed by atoms with Gasteiger partial charge < -0.3 is 4.74 Å². The van der Waals surface area contributed by atoms with Crippen LogP contribution in [0.4, 0.5) is 0 Å². The summed E-state index contributed by atoms with van der Waals surface area (Å²) in [5.74, 6) is 0.854. The number of rotatable bonds is 6. The van der Waals surface area contributed by atoms with Crippen molar-refractivity contribution in [2.75, 3.05) is 14.2 Å². The number of carbonyl (C=O) groups excluding carboxylic acids is 1. The van der Waals surface area contributed by atoms with Gasteiger partial charge in [-0.15, -0.1) is 0 Å². The largest absolute Gasteiger partial charge is 0.497 e. The van der Waals surface area contributed by atoms with Gasteiger partial charge in [-0.3, -0.25) is 14.4 Å². The molecule has 0 saturated heterocycles. The van der Waals surface area contributed by atoms with Crippen molar-refractivity contribution in [3.8, 4) is 5.75 Å². The predicted octanol–water partition coefficient (Wildman–Crippen LogP) is 2.13. The van der Waals surface area contributed by atoms with Gasteiger partial charge in [0.1, 0.15) is 5.75 Å². The minimum atomic E-state index is -0.196. The molecule has 1 atom stereocenters. The number of hydrogen-bond donors (Lipinski definition) is 0. The molecule has 0 N–H and O–H groups in total. The number of nitrogens with zero attached hydrogens (tertiary/aromatic N) is 3. The summed E-state index contributed by atoms with van der Waals surface area (Å²) in [7, 11) is 5.44. The monoisotopic (exact) mass is 287 g/mol. The molecule has 2 aromatic rings. The summed E-state index contributed by atoms with van der Waals surface area (Å²) in [5, 5.41) is 4.14. The van der Waals surface area contributed by atoms with Gasteiger partial charge in [0.2, 0.25) is 0 Å². The molecule has 1 heterocycles. The average molecular weight is 287 g/mol. The van der Waals surface area contributed by atoms with Crippen LogP contribution in [0, 0.1) is 0 Å². The third-order valence-corrected chi connectivity index (χ3v) is 3.61. The summed E-state index contributed by atoms with van der Waals surface area (Å²) >= 11 is 0. The maximum absolute atomic E-state index is 12.5. The number of aryl methyl sites for hydroxylation is 1. The van der Waals surface area contributed by atoms with Crippen LogP contribution < -0.4 is 4.74 Å². The van der Waals surface area contributed by atoms with Crippen LogP contribution in [0.15, 0.2) is 36.7 Å². The summed E-state index contributed by atoms with van der Waals surface area (Å²) in [6.45, 7) is 2.61. The van der Waals surface area contributed by atoms with Crippen molar-refractivity contribution in [2.24, 2.45) is 7.05 Å². The summed E-state index contributed by atoms with van der Waals surface area (Å²) in [4.78, 5) is 14.5. The maximum Gasteiger partial charge on any atom is 0.179 e. The number of aromatic nitrogens is 2. The molecular formula is C16H21N3O2. The number of ketones is 1. The lowest BCUT2D eigenvalue weighted by molar-refractivity contribution is 0.0862. The van der Waals surface area contributed by atoms with E-state index in [4.69, 9.17) is 4.74 Å². The molecule has 0 aliphatic rings. The van der Waals surface area contributed by atoms with Crippen LogP contribution in [0.2, 0.25) is 0 Å². The molecule has 2 rings (SSSR count). The Hall–Kier alpha value is -2.14. The van der Waals surface area contributed by atoms with Crippen molar-refractivity contribution in [2.45, 2.75) is 19.5 Å². The Labute approximate surface area is 125 Å². The van der Waals surface area contributed by atoms with Gasteiger partial charge in [0.15, 0.2) is 5.78 Å². The molecule has 0 amide bonds. The van der Waals surface area contributed by atoms with Crippen molar-refractivity contribution in [1.82, 2.24) is 14.7 Å². The van der Waals surface area contributed by atoms with E-state index in [-0.39, 0.29) is 11.8 Å². The van der Waals surface area contributed by atoms with E-state index in [1.165, 1.54) is 0 Å². The number of methoxy groups -OCH3 is 1. The summed E-state index contributed by atoms with van der Waals surface area (Å²) < 4.78 is 6.87. The second-order valence-electron chi connectivity index (χ2n) is 5.21. The van der Waals surface area contributed by atoms with E-state index >= 15 is 0 Å². The third kappa shape index (κ3) is 3.70. The molecule has 0 saturated carbocycles. The molecular weight excluding hydrogens is 266 g/mol. The summed E-state index contributed by atoms with van der Waals surface area (Å²) in [6, 6.07) is 7.02. The highest BCUT2D eigenvalue weighted by atomic mass is 16.5. The molecule has 1 aromatic heterocycles. The van der Waals surface area contributed by atoms with Crippen molar-refractivity contribution in [3.63, 3.8) is 0 Å². The molecule has 0 aliphatic carbocycles. The normalized spacial score (nSPS) is 12.4. The Morgan fingerprint density at radius 2 is 2.05 bits per heavy atom. The number of ether oxygens (including phenoxy) is 1. The molecule has 1 unspecified atom stereocenters. The zero-order chi connectivity index (χ0) is 15.4. The minimum Gasteiger partial charge on any atom is -0.497 e. The van der Waals surface area contributed by atoms with E-state index in [9.17, 15) is 4.79 Å². The Morgan fingerprint density at radius 1 is 1.38 bits per heavy atom. The van der Waals surface area contributed by atoms with Crippen molar-refractivity contribution in [3.05, 3.63) is 47.8 Å². The molecule has 5 nitrogen and oxygen atoms in total. The number of benzene rings is 1. The number of hydrogen-bond acceptors (Lipinski definition) is 4. The van der Waals surface area contributed by atoms with E-state index in [1.807, 2.05) is 38.3 Å². The lowest BCUT2D eigenvalue weighted by Crippen LogP contribution is -2.35. The van der Waals surface area contributed by atoms with Crippen LogP contribution in [0.25, 0.3) is 0 Å². The molecule has 0 bridgehead atoms. The first-order valence-corrected chi connectivity index (χ1v) is 6.87. The van der Waals surface area contributed by atoms with Gasteiger partial charge in [-0.25, -0.2) is 0 Å². The first kappa shape index (κ1) is 15.3. The molecule has 1 aromatic carbocycles. The highest BCUT2D eigenvalue weighted by Gasteiger charge is 2.20. The van der Waals surface area contributed by atoms with Gasteiger partial charge in [-0.2, -0.15) is 5.10 Å². The quantitative estimate of drug-likeness (QED) is 0.764. The van der Waals surface area contributed by atoms with Gasteiger partial charge in [-0.1, -0.05) is 0 Å². The predicted molar refractivity (Wildman–Crippen MR) is 81.5 cm³/mol. The Morgan fingerprint density at radius 3 is 2.57 bits per heavy atom. The minimum absolute atomic E-state index is 0.101. The Kier molecular flexibility index (Phi) is 4.75. The van der Waals surface area contributed by atoms with Crippen LogP contribution >= 0.6 is 0 Å². The molecule has 0 fully saturated rings. The van der Waals surface area contributed by atoms with Crippen LogP contribution in [0.3, 0.4) is 0 Å². The lowest BCUT2D eigenvalue weighted by Gasteiger charge is -2.23. The van der Waals surface area contributed by atoms with E-state index in [0.717, 1.165) is 11.3 Å². The van der Waals surface area contributed by atoms with E-state index in [2.05, 4.69) is 5.10 Å². The van der Waals surface area contributed by atoms with E-state index in [0.29, 0.717) is 12.1 Å². The van der Waals surface area contributed by atoms with Crippen molar-refractivity contribution >= 4 is 5.78 Å². The van der Waals surface area contributed by atoms with Crippen LogP contribution in [0.5, 0.6) is 5.75 Å². The van der Waals surface area contributed by atoms with Gasteiger partial charge in [0.05, 0.1) is 19.3 Å². The van der Waals surface area contributed by atoms with Gasteiger partial charge in [-0.05, 0) is 38.2 Å². The summed E-state index contributed by atoms with van der Waals surface area (Å²) in [5.41, 5.74) is 1.79. The molecule has 21 heavy (non-hydrogen) atoms. The van der Waals surface area contributed by atoms with Crippen LogP contribution in [0.1, 0.15) is 22.8 Å². The number of likely N-dealkylation sites (N-methyl/N-ethyl adjacent to an activating group) is 1. The highest BCUT2D eigenvalue weighted by molar-refractivity contribution is 5.99. The first-order chi connectivity index (χ1) is 10.0. The fourth-order valence-electron chi connectivity index (χ4n) is 2.18. The smallest absolute Gasteiger partial charge is 0.179 e. The zero-order valence-corrected chi connectivity index (χ0v) is 12.9. The molecule has 0 aliphatic heterocycles. The Balaban J connectivity index is 2.03. The average Bonchev–Trinajstić information content (AvgIpc) is 2.90. The Bertz CT molecular complexity index is 604. The second kappa shape index (κ2) is 6.54. The lowest BCUT2D eigenvalue weighted by atomic mass is 10.0. The van der Waals surface area contributed by atoms with E-state index in [1.54, 1.807) is 36.1 Å². The standard InChI is InChI=1S/C16H21N3O2/c1-12(18(2)10-13-9-17-19(3)11-13)16(20)14-5-7-15(21-4)8-6-14/h5-9,11-12H,10H2,1-4H3. The van der Waals surface area contributed by atoms with Crippen molar-refractivity contribution in [1.29, 1.82) is 0 Å². The fraction of sp³-hybridized carbons (Fsp3) is 0.375. The zero-order valence-electron chi connectivity index (χ0n) is 12.9. The molecule has 5 heteroatoms. The SMILES string of the molecule is COc1ccc(C(=O)C(C)N(C)Cc2cnn(C)c2)cc1. The topological polar surface area (TPSA) is 47.4 Å². The van der Waals surface area contributed by atoms with Gasteiger partial charge in [0, 0.05) is 30.9 Å². The molecule has 0 radical (unpaired) electrons. The summed E-state index contributed by atoms with van der Waals surface area (Å²) in [6.07, 6.45) is 3.78. The van der Waals surface area contributed by atoms with E-state index < -0.39 is 0 Å². The van der Waals surface area contributed by atoms with Gasteiger partial charge in [0.25, 0.3) is 0 Å². The van der Waals surface area contributed by atoms with Crippen molar-refractivity contribution < 1.29 is 9.53 Å². The fourth-order valence-corrected chi connectivity index (χ4v) is 2.18. The molecule has 0 spiro atoms. The highest BCUT2D eigenvalue weighted by Crippen LogP contribution is 2.15. The third-order valence-electron chi connectivity index (χ3n) is 3.61. The van der Waals surface area contributed by atoms with Crippen LogP contribution in [-0.2, 0) is 13.6 Å². The van der Waals surface area contributed by atoms with Crippen LogP contribution in [-0.4, -0.2) is 40.7 Å². The molecule has 112 valence electrons. The maximum atomic E-state index is 12.5. The number of Topliss-reactive ketones (excluding diaryl/α,β-unsaturated/α-hetero) is 1. The van der Waals surface area contributed by atoms with Gasteiger partial charge >= 0.3 is 0 Å². The second-order valence-corrected chi connectivity index (χ2v) is 5.21. The first-order valence-electron chi connectivity index (χ1n) is 6.87. The number of carbonyl (C=O) groups is 1.